The second-order valence-electron chi connectivity index (χ2n) is 4.87. The van der Waals surface area contributed by atoms with Crippen molar-refractivity contribution in [2.45, 2.75) is 39.8 Å². The van der Waals surface area contributed by atoms with Crippen LogP contribution in [-0.2, 0) is 19.5 Å². The Hall–Kier alpha value is -1.88. The molecule has 2 aromatic rings. The van der Waals surface area contributed by atoms with Crippen molar-refractivity contribution in [1.82, 2.24) is 15.0 Å². The molecule has 0 aliphatic heterocycles. The van der Waals surface area contributed by atoms with Gasteiger partial charge in [0.1, 0.15) is 5.69 Å². The van der Waals surface area contributed by atoms with Gasteiger partial charge in [-0.2, -0.15) is 0 Å². The molecule has 0 aliphatic rings. The molecule has 0 spiro atoms. The molecule has 0 unspecified atom stereocenters. The van der Waals surface area contributed by atoms with Crippen molar-refractivity contribution in [3.8, 4) is 0 Å². The summed E-state index contributed by atoms with van der Waals surface area (Å²) >= 11 is 0. The van der Waals surface area contributed by atoms with Crippen LogP contribution >= 0.6 is 0 Å². The summed E-state index contributed by atoms with van der Waals surface area (Å²) in [5, 5.41) is 20.4. The predicted octanol–water partition coefficient (Wildman–Crippen LogP) is 2.14. The van der Waals surface area contributed by atoms with Gasteiger partial charge in [-0.1, -0.05) is 30.3 Å². The van der Waals surface area contributed by atoms with E-state index < -0.39 is 0 Å². The van der Waals surface area contributed by atoms with Crippen LogP contribution in [0.5, 0.6) is 0 Å². The Kier molecular flexibility index (Phi) is 5.12. The molecule has 0 amide bonds. The van der Waals surface area contributed by atoms with E-state index in [2.05, 4.69) is 47.7 Å². The molecule has 1 aromatic carbocycles. The van der Waals surface area contributed by atoms with E-state index >= 15 is 0 Å². The van der Waals surface area contributed by atoms with Crippen molar-refractivity contribution in [3.05, 3.63) is 41.2 Å². The lowest BCUT2D eigenvalue weighted by atomic mass is 10.1. The van der Waals surface area contributed by atoms with Crippen LogP contribution in [0, 0.1) is 6.92 Å². The Balaban J connectivity index is 2.00. The second-order valence-corrected chi connectivity index (χ2v) is 4.87. The SMILES string of the molecule is CCc1cccc(C)c1NCc1cn(CCCO)nn1. The summed E-state index contributed by atoms with van der Waals surface area (Å²) in [6, 6.07) is 6.34. The average molecular weight is 274 g/mol. The van der Waals surface area contributed by atoms with E-state index in [0.717, 1.165) is 12.1 Å². The lowest BCUT2D eigenvalue weighted by Crippen LogP contribution is -2.04. The maximum absolute atomic E-state index is 8.80. The number of nitrogens with one attached hydrogen (secondary N) is 1. The van der Waals surface area contributed by atoms with E-state index in [-0.39, 0.29) is 6.61 Å². The summed E-state index contributed by atoms with van der Waals surface area (Å²) in [6.07, 6.45) is 3.63. The highest BCUT2D eigenvalue weighted by Gasteiger charge is 2.05. The molecule has 0 bridgehead atoms. The minimum absolute atomic E-state index is 0.177. The molecule has 0 aliphatic carbocycles. The van der Waals surface area contributed by atoms with Crippen molar-refractivity contribution >= 4 is 5.69 Å². The molecule has 2 N–H and O–H groups in total. The average Bonchev–Trinajstić information content (AvgIpc) is 2.91. The van der Waals surface area contributed by atoms with Crippen LogP contribution in [0.3, 0.4) is 0 Å². The van der Waals surface area contributed by atoms with Crippen molar-refractivity contribution in [2.75, 3.05) is 11.9 Å². The lowest BCUT2D eigenvalue weighted by Gasteiger charge is -2.12. The number of aromatic nitrogens is 3. The molecule has 0 atom stereocenters. The fourth-order valence-corrected chi connectivity index (χ4v) is 2.22. The molecule has 0 fully saturated rings. The fourth-order valence-electron chi connectivity index (χ4n) is 2.22. The van der Waals surface area contributed by atoms with E-state index in [1.807, 2.05) is 6.20 Å². The van der Waals surface area contributed by atoms with Crippen LogP contribution < -0.4 is 5.32 Å². The highest BCUT2D eigenvalue weighted by atomic mass is 16.3. The lowest BCUT2D eigenvalue weighted by molar-refractivity contribution is 0.276. The number of nitrogens with zero attached hydrogens (tertiary/aromatic N) is 3. The summed E-state index contributed by atoms with van der Waals surface area (Å²) in [6.45, 7) is 5.81. The van der Waals surface area contributed by atoms with E-state index in [4.69, 9.17) is 5.11 Å². The van der Waals surface area contributed by atoms with Crippen molar-refractivity contribution in [2.24, 2.45) is 0 Å². The Bertz CT molecular complexity index is 551. The molecule has 108 valence electrons. The number of aryl methyl sites for hydroxylation is 3. The maximum Gasteiger partial charge on any atom is 0.102 e. The van der Waals surface area contributed by atoms with Crippen LogP contribution in [-0.4, -0.2) is 26.7 Å². The van der Waals surface area contributed by atoms with Gasteiger partial charge >= 0.3 is 0 Å². The van der Waals surface area contributed by atoms with Crippen molar-refractivity contribution in [1.29, 1.82) is 0 Å². The Morgan fingerprint density at radius 3 is 2.95 bits per heavy atom. The molecule has 1 heterocycles. The minimum Gasteiger partial charge on any atom is -0.396 e. The molecular formula is C15H22N4O. The third kappa shape index (κ3) is 3.57. The molecule has 20 heavy (non-hydrogen) atoms. The molecular weight excluding hydrogens is 252 g/mol. The van der Waals surface area contributed by atoms with Gasteiger partial charge in [-0.05, 0) is 30.9 Å². The fraction of sp³-hybridized carbons (Fsp3) is 0.467. The van der Waals surface area contributed by atoms with Crippen LogP contribution in [0.4, 0.5) is 5.69 Å². The van der Waals surface area contributed by atoms with Gasteiger partial charge in [0.2, 0.25) is 0 Å². The van der Waals surface area contributed by atoms with E-state index in [1.54, 1.807) is 4.68 Å². The zero-order valence-electron chi connectivity index (χ0n) is 12.1. The Morgan fingerprint density at radius 2 is 2.20 bits per heavy atom. The van der Waals surface area contributed by atoms with Crippen molar-refractivity contribution in [3.63, 3.8) is 0 Å². The van der Waals surface area contributed by atoms with Crippen LogP contribution in [0.15, 0.2) is 24.4 Å². The predicted molar refractivity (Wildman–Crippen MR) is 79.6 cm³/mol. The van der Waals surface area contributed by atoms with Gasteiger partial charge in [0, 0.05) is 18.8 Å². The van der Waals surface area contributed by atoms with Gasteiger partial charge in [-0.15, -0.1) is 5.10 Å². The third-order valence-corrected chi connectivity index (χ3v) is 3.32. The molecule has 1 aromatic heterocycles. The van der Waals surface area contributed by atoms with E-state index in [1.165, 1.54) is 16.8 Å². The molecule has 0 saturated carbocycles. The first-order valence-corrected chi connectivity index (χ1v) is 7.06. The summed E-state index contributed by atoms with van der Waals surface area (Å²) < 4.78 is 1.77. The summed E-state index contributed by atoms with van der Waals surface area (Å²) in [4.78, 5) is 0. The standard InChI is InChI=1S/C15H22N4O/c1-3-13-7-4-6-12(2)15(13)16-10-14-11-19(18-17-14)8-5-9-20/h4,6-7,11,16,20H,3,5,8-10H2,1-2H3. The Labute approximate surface area is 119 Å². The van der Waals surface area contributed by atoms with Gasteiger partial charge in [-0.3, -0.25) is 4.68 Å². The van der Waals surface area contributed by atoms with E-state index in [9.17, 15) is 0 Å². The highest BCUT2D eigenvalue weighted by Crippen LogP contribution is 2.21. The number of aliphatic hydroxyl groups is 1. The van der Waals surface area contributed by atoms with Gasteiger partial charge in [0.05, 0.1) is 12.7 Å². The minimum atomic E-state index is 0.177. The van der Waals surface area contributed by atoms with Crippen molar-refractivity contribution < 1.29 is 5.11 Å². The Morgan fingerprint density at radius 1 is 1.35 bits per heavy atom. The van der Waals surface area contributed by atoms with Crippen LogP contribution in [0.2, 0.25) is 0 Å². The quantitative estimate of drug-likeness (QED) is 0.812. The normalized spacial score (nSPS) is 10.8. The third-order valence-electron chi connectivity index (χ3n) is 3.32. The number of para-hydroxylation sites is 1. The van der Waals surface area contributed by atoms with Gasteiger partial charge in [-0.25, -0.2) is 0 Å². The monoisotopic (exact) mass is 274 g/mol. The number of rotatable bonds is 7. The van der Waals surface area contributed by atoms with Gasteiger partial charge in [0.25, 0.3) is 0 Å². The number of benzene rings is 1. The van der Waals surface area contributed by atoms with Gasteiger partial charge < -0.3 is 10.4 Å². The van der Waals surface area contributed by atoms with E-state index in [0.29, 0.717) is 19.5 Å². The largest absolute Gasteiger partial charge is 0.396 e. The maximum atomic E-state index is 8.80. The molecule has 5 heteroatoms. The smallest absolute Gasteiger partial charge is 0.102 e. The zero-order valence-corrected chi connectivity index (χ0v) is 12.1. The molecule has 5 nitrogen and oxygen atoms in total. The first kappa shape index (κ1) is 14.5. The van der Waals surface area contributed by atoms with Crippen LogP contribution in [0.25, 0.3) is 0 Å². The number of aliphatic hydroxyl groups excluding tert-OH is 1. The molecule has 2 rings (SSSR count). The van der Waals surface area contributed by atoms with Gasteiger partial charge in [0.15, 0.2) is 0 Å². The number of hydrogen-bond acceptors (Lipinski definition) is 4. The van der Waals surface area contributed by atoms with Crippen LogP contribution in [0.1, 0.15) is 30.2 Å². The topological polar surface area (TPSA) is 63.0 Å². The molecule has 0 saturated heterocycles. The second kappa shape index (κ2) is 7.05. The summed E-state index contributed by atoms with van der Waals surface area (Å²) in [5.41, 5.74) is 4.67. The first-order chi connectivity index (χ1) is 9.74. The molecule has 0 radical (unpaired) electrons. The number of anilines is 1. The zero-order chi connectivity index (χ0) is 14.4. The summed E-state index contributed by atoms with van der Waals surface area (Å²) in [5.74, 6) is 0. The first-order valence-electron chi connectivity index (χ1n) is 7.06. The number of hydrogen-bond donors (Lipinski definition) is 2. The highest BCUT2D eigenvalue weighted by molar-refractivity contribution is 5.57. The summed E-state index contributed by atoms with van der Waals surface area (Å²) in [7, 11) is 0.